The summed E-state index contributed by atoms with van der Waals surface area (Å²) in [6.45, 7) is 5.02. The van der Waals surface area contributed by atoms with Gasteiger partial charge in [-0.3, -0.25) is 4.79 Å². The molecule has 0 aromatic heterocycles. The van der Waals surface area contributed by atoms with E-state index in [1.54, 1.807) is 6.07 Å². The van der Waals surface area contributed by atoms with Crippen LogP contribution in [0.3, 0.4) is 0 Å². The molecule has 0 heterocycles. The molecule has 1 rings (SSSR count). The van der Waals surface area contributed by atoms with Gasteiger partial charge in [-0.05, 0) is 31.5 Å². The molecule has 0 aliphatic carbocycles. The molecule has 0 aliphatic heterocycles. The highest BCUT2D eigenvalue weighted by atomic mass is 19.1. The standard InChI is InChI=1S/C13H18FNO/c1-3-6-13(16)10-15(4-2)12-8-5-7-11(14)9-12/h5,7-9H,3-4,6,10H2,1-2H3. The summed E-state index contributed by atoms with van der Waals surface area (Å²) >= 11 is 0. The molecule has 0 spiro atoms. The van der Waals surface area contributed by atoms with Crippen LogP contribution in [-0.2, 0) is 4.79 Å². The fourth-order valence-electron chi connectivity index (χ4n) is 1.63. The number of Topliss-reactive ketones (excluding diaryl/α,β-unsaturated/α-hetero) is 1. The summed E-state index contributed by atoms with van der Waals surface area (Å²) in [7, 11) is 0. The summed E-state index contributed by atoms with van der Waals surface area (Å²) in [5.74, 6) is -0.0625. The predicted molar refractivity (Wildman–Crippen MR) is 64.2 cm³/mol. The SMILES string of the molecule is CCCC(=O)CN(CC)c1cccc(F)c1. The molecule has 0 N–H and O–H groups in total. The Kier molecular flexibility index (Phi) is 4.96. The quantitative estimate of drug-likeness (QED) is 0.738. The van der Waals surface area contributed by atoms with Crippen LogP contribution < -0.4 is 4.90 Å². The Labute approximate surface area is 96.1 Å². The Morgan fingerprint density at radius 2 is 2.12 bits per heavy atom. The highest BCUT2D eigenvalue weighted by Gasteiger charge is 2.09. The number of halogens is 1. The van der Waals surface area contributed by atoms with E-state index in [0.29, 0.717) is 19.5 Å². The van der Waals surface area contributed by atoms with E-state index < -0.39 is 0 Å². The van der Waals surface area contributed by atoms with Crippen molar-refractivity contribution in [3.8, 4) is 0 Å². The van der Waals surface area contributed by atoms with Gasteiger partial charge in [-0.2, -0.15) is 0 Å². The van der Waals surface area contributed by atoms with Gasteiger partial charge in [0, 0.05) is 18.7 Å². The van der Waals surface area contributed by atoms with E-state index >= 15 is 0 Å². The smallest absolute Gasteiger partial charge is 0.152 e. The Morgan fingerprint density at radius 3 is 2.69 bits per heavy atom. The van der Waals surface area contributed by atoms with Crippen molar-refractivity contribution < 1.29 is 9.18 Å². The number of benzene rings is 1. The van der Waals surface area contributed by atoms with Crippen molar-refractivity contribution in [3.63, 3.8) is 0 Å². The lowest BCUT2D eigenvalue weighted by Gasteiger charge is -2.22. The number of carbonyl (C=O) groups is 1. The molecule has 0 saturated carbocycles. The third-order valence-corrected chi connectivity index (χ3v) is 2.45. The Hall–Kier alpha value is -1.38. The fraction of sp³-hybridized carbons (Fsp3) is 0.462. The van der Waals surface area contributed by atoms with Gasteiger partial charge in [-0.1, -0.05) is 13.0 Å². The lowest BCUT2D eigenvalue weighted by molar-refractivity contribution is -0.117. The fourth-order valence-corrected chi connectivity index (χ4v) is 1.63. The summed E-state index contributed by atoms with van der Waals surface area (Å²) < 4.78 is 13.0. The van der Waals surface area contributed by atoms with Crippen LogP contribution >= 0.6 is 0 Å². The summed E-state index contributed by atoms with van der Waals surface area (Å²) in [5, 5.41) is 0. The molecule has 16 heavy (non-hydrogen) atoms. The molecular formula is C13H18FNO. The van der Waals surface area contributed by atoms with Crippen LogP contribution in [-0.4, -0.2) is 18.9 Å². The first-order valence-corrected chi connectivity index (χ1v) is 5.69. The molecular weight excluding hydrogens is 205 g/mol. The van der Waals surface area contributed by atoms with E-state index in [0.717, 1.165) is 12.1 Å². The van der Waals surface area contributed by atoms with Crippen molar-refractivity contribution in [2.45, 2.75) is 26.7 Å². The highest BCUT2D eigenvalue weighted by molar-refractivity contribution is 5.83. The maximum absolute atomic E-state index is 13.0. The van der Waals surface area contributed by atoms with E-state index in [4.69, 9.17) is 0 Å². The second-order valence-corrected chi connectivity index (χ2v) is 3.78. The van der Waals surface area contributed by atoms with Gasteiger partial charge in [-0.15, -0.1) is 0 Å². The van der Waals surface area contributed by atoms with Crippen molar-refractivity contribution in [2.24, 2.45) is 0 Å². The van der Waals surface area contributed by atoms with E-state index in [9.17, 15) is 9.18 Å². The first kappa shape index (κ1) is 12.7. The molecule has 2 nitrogen and oxygen atoms in total. The number of likely N-dealkylation sites (N-methyl/N-ethyl adjacent to an activating group) is 1. The van der Waals surface area contributed by atoms with Gasteiger partial charge in [0.25, 0.3) is 0 Å². The van der Waals surface area contributed by atoms with Crippen LogP contribution in [0.1, 0.15) is 26.7 Å². The highest BCUT2D eigenvalue weighted by Crippen LogP contribution is 2.15. The van der Waals surface area contributed by atoms with Crippen molar-refractivity contribution in [2.75, 3.05) is 18.0 Å². The predicted octanol–water partition coefficient (Wildman–Crippen LogP) is 3.02. The van der Waals surface area contributed by atoms with Crippen LogP contribution in [0.25, 0.3) is 0 Å². The third kappa shape index (κ3) is 3.65. The van der Waals surface area contributed by atoms with Crippen molar-refractivity contribution in [1.29, 1.82) is 0 Å². The molecule has 3 heteroatoms. The van der Waals surface area contributed by atoms with Gasteiger partial charge in [0.15, 0.2) is 5.78 Å². The molecule has 0 saturated heterocycles. The number of ketones is 1. The largest absolute Gasteiger partial charge is 0.364 e. The van der Waals surface area contributed by atoms with Crippen LogP contribution in [0, 0.1) is 5.82 Å². The van der Waals surface area contributed by atoms with Crippen LogP contribution in [0.4, 0.5) is 10.1 Å². The second-order valence-electron chi connectivity index (χ2n) is 3.78. The molecule has 0 atom stereocenters. The normalized spacial score (nSPS) is 10.2. The first-order valence-electron chi connectivity index (χ1n) is 5.69. The van der Waals surface area contributed by atoms with Crippen LogP contribution in [0.15, 0.2) is 24.3 Å². The topological polar surface area (TPSA) is 20.3 Å². The molecule has 0 radical (unpaired) electrons. The summed E-state index contributed by atoms with van der Waals surface area (Å²) in [6.07, 6.45) is 1.45. The monoisotopic (exact) mass is 223 g/mol. The van der Waals surface area contributed by atoms with Crippen LogP contribution in [0.2, 0.25) is 0 Å². The zero-order valence-electron chi connectivity index (χ0n) is 9.87. The number of hydrogen-bond acceptors (Lipinski definition) is 2. The number of hydrogen-bond donors (Lipinski definition) is 0. The average Bonchev–Trinajstić information content (AvgIpc) is 2.26. The molecule has 0 bridgehead atoms. The van der Waals surface area contributed by atoms with E-state index in [1.807, 2.05) is 24.8 Å². The van der Waals surface area contributed by atoms with Gasteiger partial charge in [0.05, 0.1) is 6.54 Å². The average molecular weight is 223 g/mol. The summed E-state index contributed by atoms with van der Waals surface area (Å²) in [4.78, 5) is 13.4. The zero-order chi connectivity index (χ0) is 12.0. The Bertz CT molecular complexity index is 352. The number of nitrogens with zero attached hydrogens (tertiary/aromatic N) is 1. The summed E-state index contributed by atoms with van der Waals surface area (Å²) in [5.41, 5.74) is 0.770. The summed E-state index contributed by atoms with van der Waals surface area (Å²) in [6, 6.07) is 6.36. The molecule has 0 amide bonds. The molecule has 1 aromatic rings. The third-order valence-electron chi connectivity index (χ3n) is 2.45. The maximum atomic E-state index is 13.0. The van der Waals surface area contributed by atoms with Gasteiger partial charge in [-0.25, -0.2) is 4.39 Å². The number of carbonyl (C=O) groups excluding carboxylic acids is 1. The van der Waals surface area contributed by atoms with Crippen molar-refractivity contribution >= 4 is 11.5 Å². The first-order chi connectivity index (χ1) is 7.67. The number of anilines is 1. The lowest BCUT2D eigenvalue weighted by atomic mass is 10.2. The molecule has 0 aliphatic rings. The minimum Gasteiger partial charge on any atom is -0.364 e. The van der Waals surface area contributed by atoms with Crippen LogP contribution in [0.5, 0.6) is 0 Å². The van der Waals surface area contributed by atoms with E-state index in [2.05, 4.69) is 0 Å². The minimum atomic E-state index is -0.265. The molecule has 1 aromatic carbocycles. The zero-order valence-corrected chi connectivity index (χ0v) is 9.87. The number of rotatable bonds is 6. The van der Waals surface area contributed by atoms with Gasteiger partial charge < -0.3 is 4.90 Å². The molecule has 0 unspecified atom stereocenters. The molecule has 88 valence electrons. The van der Waals surface area contributed by atoms with Gasteiger partial charge >= 0.3 is 0 Å². The minimum absolute atomic E-state index is 0.202. The second kappa shape index (κ2) is 6.26. The molecule has 0 fully saturated rings. The van der Waals surface area contributed by atoms with Gasteiger partial charge in [0.2, 0.25) is 0 Å². The van der Waals surface area contributed by atoms with E-state index in [-0.39, 0.29) is 11.6 Å². The van der Waals surface area contributed by atoms with Gasteiger partial charge in [0.1, 0.15) is 5.82 Å². The Morgan fingerprint density at radius 1 is 1.38 bits per heavy atom. The van der Waals surface area contributed by atoms with E-state index in [1.165, 1.54) is 12.1 Å². The lowest BCUT2D eigenvalue weighted by Crippen LogP contribution is -2.29. The van der Waals surface area contributed by atoms with Crippen molar-refractivity contribution in [3.05, 3.63) is 30.1 Å². The van der Waals surface area contributed by atoms with Crippen molar-refractivity contribution in [1.82, 2.24) is 0 Å². The Balaban J connectivity index is 2.70. The maximum Gasteiger partial charge on any atom is 0.152 e.